The van der Waals surface area contributed by atoms with Gasteiger partial charge in [-0.1, -0.05) is 24.3 Å². The Kier molecular flexibility index (Phi) is 2.82. The van der Waals surface area contributed by atoms with Gasteiger partial charge in [0.05, 0.1) is 0 Å². The number of nitrogens with zero attached hydrogens (tertiary/aromatic N) is 2. The van der Waals surface area contributed by atoms with Crippen molar-refractivity contribution in [2.24, 2.45) is 0 Å². The van der Waals surface area contributed by atoms with Gasteiger partial charge < -0.3 is 5.73 Å². The van der Waals surface area contributed by atoms with E-state index in [1.54, 1.807) is 0 Å². The normalized spacial score (nSPS) is 14.8. The molecule has 3 aromatic rings. The van der Waals surface area contributed by atoms with Crippen LogP contribution in [-0.2, 0) is 0 Å². The number of pyridine rings is 1. The molecule has 0 atom stereocenters. The van der Waals surface area contributed by atoms with Gasteiger partial charge in [0.25, 0.3) is 0 Å². The number of benzene rings is 1. The summed E-state index contributed by atoms with van der Waals surface area (Å²) in [7, 11) is 0. The quantitative estimate of drug-likeness (QED) is 0.743. The van der Waals surface area contributed by atoms with E-state index in [1.165, 1.54) is 18.4 Å². The lowest BCUT2D eigenvalue weighted by atomic mass is 10.1. The molecule has 4 heteroatoms. The predicted molar refractivity (Wildman–Crippen MR) is 89.5 cm³/mol. The Hall–Kier alpha value is -1.81. The molecule has 1 aromatic carbocycles. The highest BCUT2D eigenvalue weighted by atomic mass is 79.9. The van der Waals surface area contributed by atoms with Gasteiger partial charge in [-0.25, -0.2) is 4.98 Å². The number of nitrogen functional groups attached to an aromatic ring is 1. The number of hydrogen-bond donors (Lipinski definition) is 1. The van der Waals surface area contributed by atoms with Crippen molar-refractivity contribution < 1.29 is 0 Å². The van der Waals surface area contributed by atoms with E-state index >= 15 is 0 Å². The zero-order chi connectivity index (χ0) is 14.6. The standard InChI is InChI=1S/C17H16BrN3/c1-10-8-14(18)9-21-16(19)15(20-17(10)21)13-6-4-12(5-7-13)11-2-3-11/h4-9,11H,2-3,19H2,1H3. The van der Waals surface area contributed by atoms with Gasteiger partial charge in [0.15, 0.2) is 0 Å². The van der Waals surface area contributed by atoms with Crippen molar-refractivity contribution in [3.05, 3.63) is 52.1 Å². The smallest absolute Gasteiger partial charge is 0.142 e. The molecule has 2 N–H and O–H groups in total. The number of imidazole rings is 1. The first-order valence-electron chi connectivity index (χ1n) is 7.17. The largest absolute Gasteiger partial charge is 0.383 e. The number of halogens is 1. The number of aryl methyl sites for hydroxylation is 1. The number of fused-ring (bicyclic) bond motifs is 1. The summed E-state index contributed by atoms with van der Waals surface area (Å²) in [5.74, 6) is 1.46. The second kappa shape index (κ2) is 4.60. The number of nitrogens with two attached hydrogens (primary N) is 1. The summed E-state index contributed by atoms with van der Waals surface area (Å²) in [4.78, 5) is 4.73. The minimum atomic E-state index is 0.688. The highest BCUT2D eigenvalue weighted by Gasteiger charge is 2.23. The molecule has 1 aliphatic rings. The molecule has 0 unspecified atom stereocenters. The summed E-state index contributed by atoms with van der Waals surface area (Å²) in [6.45, 7) is 2.05. The monoisotopic (exact) mass is 341 g/mol. The van der Waals surface area contributed by atoms with Gasteiger partial charge in [0.1, 0.15) is 17.2 Å². The van der Waals surface area contributed by atoms with E-state index < -0.39 is 0 Å². The van der Waals surface area contributed by atoms with E-state index in [2.05, 4.69) is 46.3 Å². The molecular weight excluding hydrogens is 326 g/mol. The molecule has 0 radical (unpaired) electrons. The van der Waals surface area contributed by atoms with Crippen molar-refractivity contribution in [1.29, 1.82) is 0 Å². The molecule has 2 heterocycles. The average molecular weight is 342 g/mol. The molecule has 0 amide bonds. The van der Waals surface area contributed by atoms with Crippen LogP contribution in [0.15, 0.2) is 41.0 Å². The van der Waals surface area contributed by atoms with Crippen molar-refractivity contribution in [1.82, 2.24) is 9.38 Å². The van der Waals surface area contributed by atoms with Crippen LogP contribution in [-0.4, -0.2) is 9.38 Å². The average Bonchev–Trinajstić information content (AvgIpc) is 3.26. The van der Waals surface area contributed by atoms with E-state index in [-0.39, 0.29) is 0 Å². The van der Waals surface area contributed by atoms with Gasteiger partial charge in [0.2, 0.25) is 0 Å². The summed E-state index contributed by atoms with van der Waals surface area (Å²) in [6, 6.07) is 10.7. The van der Waals surface area contributed by atoms with Crippen LogP contribution in [0.2, 0.25) is 0 Å². The molecule has 0 bridgehead atoms. The van der Waals surface area contributed by atoms with Gasteiger partial charge in [-0.05, 0) is 58.8 Å². The SMILES string of the molecule is Cc1cc(Br)cn2c(N)c(-c3ccc(C4CC4)cc3)nc12. The molecule has 1 fully saturated rings. The number of rotatable bonds is 2. The summed E-state index contributed by atoms with van der Waals surface area (Å²) < 4.78 is 2.95. The number of anilines is 1. The van der Waals surface area contributed by atoms with Crippen molar-refractivity contribution in [2.45, 2.75) is 25.7 Å². The third kappa shape index (κ3) is 2.14. The summed E-state index contributed by atoms with van der Waals surface area (Å²) >= 11 is 3.51. The molecule has 3 nitrogen and oxygen atoms in total. The van der Waals surface area contributed by atoms with Crippen molar-refractivity contribution in [2.75, 3.05) is 5.73 Å². The fourth-order valence-electron chi connectivity index (χ4n) is 2.83. The fourth-order valence-corrected chi connectivity index (χ4v) is 3.38. The minimum Gasteiger partial charge on any atom is -0.383 e. The third-order valence-corrected chi connectivity index (χ3v) is 4.57. The summed E-state index contributed by atoms with van der Waals surface area (Å²) in [5.41, 5.74) is 11.7. The summed E-state index contributed by atoms with van der Waals surface area (Å²) in [6.07, 6.45) is 4.61. The Labute approximate surface area is 131 Å². The lowest BCUT2D eigenvalue weighted by Gasteiger charge is -2.02. The van der Waals surface area contributed by atoms with E-state index in [9.17, 15) is 0 Å². The molecule has 2 aromatic heterocycles. The lowest BCUT2D eigenvalue weighted by molar-refractivity contribution is 1.13. The predicted octanol–water partition coefficient (Wildman–Crippen LogP) is 4.53. The van der Waals surface area contributed by atoms with Gasteiger partial charge in [-0.2, -0.15) is 0 Å². The van der Waals surface area contributed by atoms with Crippen LogP contribution in [0.4, 0.5) is 5.82 Å². The first-order chi connectivity index (χ1) is 10.1. The number of hydrogen-bond acceptors (Lipinski definition) is 2. The van der Waals surface area contributed by atoms with Gasteiger partial charge in [-0.15, -0.1) is 0 Å². The minimum absolute atomic E-state index is 0.688. The Morgan fingerprint density at radius 1 is 1.24 bits per heavy atom. The van der Waals surface area contributed by atoms with Crippen LogP contribution < -0.4 is 5.73 Å². The van der Waals surface area contributed by atoms with Gasteiger partial charge in [0, 0.05) is 16.2 Å². The zero-order valence-electron chi connectivity index (χ0n) is 11.8. The molecule has 1 saturated carbocycles. The third-order valence-electron chi connectivity index (χ3n) is 4.14. The maximum Gasteiger partial charge on any atom is 0.142 e. The maximum atomic E-state index is 6.30. The molecule has 0 saturated heterocycles. The molecule has 106 valence electrons. The Morgan fingerprint density at radius 3 is 2.62 bits per heavy atom. The van der Waals surface area contributed by atoms with Crippen molar-refractivity contribution in [3.8, 4) is 11.3 Å². The van der Waals surface area contributed by atoms with E-state index in [0.717, 1.165) is 32.9 Å². The Balaban J connectivity index is 1.85. The molecular formula is C17H16BrN3. The Morgan fingerprint density at radius 2 is 1.95 bits per heavy atom. The second-order valence-corrected chi connectivity index (χ2v) is 6.69. The first kappa shape index (κ1) is 12.9. The number of aromatic nitrogens is 2. The van der Waals surface area contributed by atoms with Crippen LogP contribution in [0.5, 0.6) is 0 Å². The molecule has 21 heavy (non-hydrogen) atoms. The molecule has 0 spiro atoms. The van der Waals surface area contributed by atoms with E-state index in [4.69, 9.17) is 10.7 Å². The molecule has 1 aliphatic carbocycles. The van der Waals surface area contributed by atoms with Crippen molar-refractivity contribution in [3.63, 3.8) is 0 Å². The zero-order valence-corrected chi connectivity index (χ0v) is 13.4. The Bertz CT molecular complexity index is 829. The van der Waals surface area contributed by atoms with Crippen LogP contribution in [0.1, 0.15) is 29.9 Å². The first-order valence-corrected chi connectivity index (χ1v) is 7.97. The second-order valence-electron chi connectivity index (χ2n) is 5.78. The molecule has 0 aliphatic heterocycles. The van der Waals surface area contributed by atoms with E-state index in [1.807, 2.05) is 17.5 Å². The maximum absolute atomic E-state index is 6.30. The van der Waals surface area contributed by atoms with Crippen LogP contribution in [0.3, 0.4) is 0 Å². The van der Waals surface area contributed by atoms with Crippen LogP contribution in [0.25, 0.3) is 16.9 Å². The highest BCUT2D eigenvalue weighted by molar-refractivity contribution is 9.10. The van der Waals surface area contributed by atoms with Crippen LogP contribution in [0, 0.1) is 6.92 Å². The van der Waals surface area contributed by atoms with Gasteiger partial charge >= 0.3 is 0 Å². The highest BCUT2D eigenvalue weighted by Crippen LogP contribution is 2.40. The van der Waals surface area contributed by atoms with E-state index in [0.29, 0.717) is 5.82 Å². The van der Waals surface area contributed by atoms with Crippen LogP contribution >= 0.6 is 15.9 Å². The van der Waals surface area contributed by atoms with Crippen molar-refractivity contribution >= 4 is 27.4 Å². The topological polar surface area (TPSA) is 43.3 Å². The fraction of sp³-hybridized carbons (Fsp3) is 0.235. The molecule has 4 rings (SSSR count). The summed E-state index contributed by atoms with van der Waals surface area (Å²) in [5, 5.41) is 0. The lowest BCUT2D eigenvalue weighted by Crippen LogP contribution is -1.95. The van der Waals surface area contributed by atoms with Gasteiger partial charge in [-0.3, -0.25) is 4.40 Å².